The molecule has 0 radical (unpaired) electrons. The summed E-state index contributed by atoms with van der Waals surface area (Å²) in [6, 6.07) is 0. The van der Waals surface area contributed by atoms with Gasteiger partial charge < -0.3 is 25.4 Å². The predicted molar refractivity (Wildman–Crippen MR) is 113 cm³/mol. The summed E-state index contributed by atoms with van der Waals surface area (Å²) < 4.78 is 31.2. The van der Waals surface area contributed by atoms with Gasteiger partial charge in [-0.1, -0.05) is 13.8 Å². The van der Waals surface area contributed by atoms with Crippen molar-refractivity contribution in [3.05, 3.63) is 13.2 Å². The summed E-state index contributed by atoms with van der Waals surface area (Å²) in [5.41, 5.74) is 9.81. The van der Waals surface area contributed by atoms with E-state index in [1.165, 1.54) is 11.4 Å². The number of hydrogen-bond acceptors (Lipinski definition) is 8. The standard InChI is InChI=1S/C10H24NO3PS.C2H8N2.C2H4.HO3P/c1-5-11(6-2)9-10-16-15(12,13-7-3)14-8-4;3-1-2-4;1-2;1-4(2)3/h5-10H2,1-4H3;1-4H2;1-2H2;(H-,1,2,3)/p+1. The Balaban J connectivity index is -0.000000200. The number of rotatable bonds is 11. The van der Waals surface area contributed by atoms with Crippen LogP contribution in [0.3, 0.4) is 0 Å². The van der Waals surface area contributed by atoms with Crippen molar-refractivity contribution in [1.82, 2.24) is 4.90 Å². The molecule has 6 N–H and O–H groups in total. The number of hydrogen-bond donors (Lipinski definition) is 4. The minimum atomic E-state index is -2.91. The lowest BCUT2D eigenvalue weighted by Gasteiger charge is -2.20. The molecular formula is C14H38N3O6P2S+. The van der Waals surface area contributed by atoms with Crippen LogP contribution in [0.25, 0.3) is 0 Å². The van der Waals surface area contributed by atoms with E-state index >= 15 is 0 Å². The van der Waals surface area contributed by atoms with Crippen LogP contribution in [0.5, 0.6) is 0 Å². The monoisotopic (exact) mass is 438 g/mol. The topological polar surface area (TPSA) is 148 Å². The first-order valence-corrected chi connectivity index (χ1v) is 12.6. The van der Waals surface area contributed by atoms with Crippen LogP contribution in [-0.2, 0) is 18.2 Å². The van der Waals surface area contributed by atoms with E-state index in [4.69, 9.17) is 34.9 Å². The van der Waals surface area contributed by atoms with Crippen molar-refractivity contribution < 1.29 is 28.0 Å². The summed E-state index contributed by atoms with van der Waals surface area (Å²) in [7, 11) is -2.87. The van der Waals surface area contributed by atoms with Gasteiger partial charge in [0.1, 0.15) is 0 Å². The minimum Gasteiger partial charge on any atom is -0.329 e. The minimum absolute atomic E-state index is 0.426. The maximum Gasteiger partial charge on any atom is 0.692 e. The Labute approximate surface area is 163 Å². The highest BCUT2D eigenvalue weighted by molar-refractivity contribution is 8.55. The second kappa shape index (κ2) is 27.4. The van der Waals surface area contributed by atoms with Crippen LogP contribution < -0.4 is 11.5 Å². The molecule has 0 aliphatic carbocycles. The SMILES string of the molecule is C=C.CCOP(=O)(OCC)SCCN(CC)CC.NCCN.O=[P+](O)O. The van der Waals surface area contributed by atoms with E-state index in [2.05, 4.69) is 31.9 Å². The van der Waals surface area contributed by atoms with E-state index in [1.54, 1.807) is 0 Å². The van der Waals surface area contributed by atoms with Crippen molar-refractivity contribution >= 4 is 26.4 Å². The molecule has 0 saturated carbocycles. The average Bonchev–Trinajstić information content (AvgIpc) is 2.60. The Morgan fingerprint density at radius 2 is 1.38 bits per heavy atom. The Bertz CT molecular complexity index is 324. The Hall–Kier alpha value is 0.140. The molecule has 0 aromatic heterocycles. The van der Waals surface area contributed by atoms with E-state index in [9.17, 15) is 4.57 Å². The maximum atomic E-state index is 12.1. The lowest BCUT2D eigenvalue weighted by atomic mass is 10.5. The zero-order valence-corrected chi connectivity index (χ0v) is 19.1. The lowest BCUT2D eigenvalue weighted by molar-refractivity contribution is 0.236. The van der Waals surface area contributed by atoms with E-state index < -0.39 is 15.1 Å². The molecule has 160 valence electrons. The molecule has 12 heteroatoms. The first kappa shape index (κ1) is 33.7. The van der Waals surface area contributed by atoms with Crippen LogP contribution in [0.2, 0.25) is 0 Å². The number of nitrogens with zero attached hydrogens (tertiary/aromatic N) is 1. The zero-order valence-electron chi connectivity index (χ0n) is 16.5. The lowest BCUT2D eigenvalue weighted by Crippen LogP contribution is -2.25. The van der Waals surface area contributed by atoms with Gasteiger partial charge in [-0.2, -0.15) is 0 Å². The van der Waals surface area contributed by atoms with Crippen LogP contribution in [0.4, 0.5) is 0 Å². The summed E-state index contributed by atoms with van der Waals surface area (Å²) in [5, 5.41) is 0. The predicted octanol–water partition coefficient (Wildman–Crippen LogP) is 2.58. The van der Waals surface area contributed by atoms with Crippen LogP contribution in [0.15, 0.2) is 13.2 Å². The highest BCUT2D eigenvalue weighted by Crippen LogP contribution is 2.60. The van der Waals surface area contributed by atoms with Crippen molar-refractivity contribution in [3.63, 3.8) is 0 Å². The van der Waals surface area contributed by atoms with Crippen LogP contribution in [0, 0.1) is 0 Å². The summed E-state index contributed by atoms with van der Waals surface area (Å²) in [5.74, 6) is 0.777. The molecule has 0 fully saturated rings. The van der Waals surface area contributed by atoms with Gasteiger partial charge in [0.05, 0.1) is 13.2 Å². The summed E-state index contributed by atoms with van der Waals surface area (Å²) in [6.45, 7) is 16.0. The summed E-state index contributed by atoms with van der Waals surface area (Å²) in [4.78, 5) is 16.5. The van der Waals surface area contributed by atoms with Gasteiger partial charge in [0.15, 0.2) is 0 Å². The fourth-order valence-corrected chi connectivity index (χ4v) is 4.66. The molecule has 0 heterocycles. The van der Waals surface area contributed by atoms with Gasteiger partial charge >= 0.3 is 15.1 Å². The molecule has 0 unspecified atom stereocenters. The van der Waals surface area contributed by atoms with E-state index in [1.807, 2.05) is 13.8 Å². The van der Waals surface area contributed by atoms with Crippen molar-refractivity contribution in [2.45, 2.75) is 27.7 Å². The third kappa shape index (κ3) is 31.9. The molecule has 0 aromatic carbocycles. The largest absolute Gasteiger partial charge is 0.692 e. The van der Waals surface area contributed by atoms with Crippen LogP contribution in [-0.4, -0.2) is 66.4 Å². The second-order valence-electron chi connectivity index (χ2n) is 3.97. The van der Waals surface area contributed by atoms with E-state index in [-0.39, 0.29) is 0 Å². The van der Waals surface area contributed by atoms with Gasteiger partial charge in [0, 0.05) is 30.0 Å². The van der Waals surface area contributed by atoms with Crippen molar-refractivity contribution in [2.75, 3.05) is 51.7 Å². The fourth-order valence-electron chi connectivity index (χ4n) is 1.25. The smallest absolute Gasteiger partial charge is 0.329 e. The van der Waals surface area contributed by atoms with E-state index in [0.717, 1.165) is 25.4 Å². The first-order chi connectivity index (χ1) is 12.3. The third-order valence-electron chi connectivity index (χ3n) is 2.29. The summed E-state index contributed by atoms with van der Waals surface area (Å²) >= 11 is 1.30. The Kier molecular flexibility index (Phi) is 35.5. The summed E-state index contributed by atoms with van der Waals surface area (Å²) in [6.07, 6.45) is 0. The molecule has 0 amide bonds. The normalized spacial score (nSPS) is 9.88. The van der Waals surface area contributed by atoms with Gasteiger partial charge in [0.25, 0.3) is 0 Å². The molecule has 0 atom stereocenters. The molecule has 0 aliphatic rings. The quantitative estimate of drug-likeness (QED) is 0.280. The van der Waals surface area contributed by atoms with Gasteiger partial charge in [-0.05, 0) is 38.3 Å². The fraction of sp³-hybridized carbons (Fsp3) is 0.857. The molecule has 0 aliphatic heterocycles. The Morgan fingerprint density at radius 3 is 1.62 bits per heavy atom. The van der Waals surface area contributed by atoms with E-state index in [0.29, 0.717) is 26.3 Å². The molecule has 0 aromatic rings. The molecule has 0 spiro atoms. The molecular weight excluding hydrogens is 400 g/mol. The molecule has 9 nitrogen and oxygen atoms in total. The average molecular weight is 438 g/mol. The first-order valence-electron chi connectivity index (χ1n) is 8.27. The van der Waals surface area contributed by atoms with Crippen molar-refractivity contribution in [3.8, 4) is 0 Å². The van der Waals surface area contributed by atoms with Gasteiger partial charge in [-0.3, -0.25) is 0 Å². The van der Waals surface area contributed by atoms with Crippen molar-refractivity contribution in [1.29, 1.82) is 0 Å². The maximum absolute atomic E-state index is 12.1. The number of nitrogens with two attached hydrogens (primary N) is 2. The third-order valence-corrected chi connectivity index (χ3v) is 6.25. The van der Waals surface area contributed by atoms with Gasteiger partial charge in [-0.15, -0.1) is 22.9 Å². The van der Waals surface area contributed by atoms with Crippen LogP contribution >= 0.6 is 26.4 Å². The van der Waals surface area contributed by atoms with Crippen molar-refractivity contribution in [2.24, 2.45) is 11.5 Å². The highest BCUT2D eigenvalue weighted by atomic mass is 32.7. The molecule has 0 bridgehead atoms. The molecule has 0 saturated heterocycles. The second-order valence-corrected chi connectivity index (χ2v) is 8.67. The molecule has 26 heavy (non-hydrogen) atoms. The Morgan fingerprint density at radius 1 is 1.04 bits per heavy atom. The van der Waals surface area contributed by atoms with Crippen LogP contribution in [0.1, 0.15) is 27.7 Å². The van der Waals surface area contributed by atoms with Gasteiger partial charge in [0.2, 0.25) is 0 Å². The van der Waals surface area contributed by atoms with Gasteiger partial charge in [-0.25, -0.2) is 4.57 Å². The zero-order chi connectivity index (χ0) is 21.4. The highest BCUT2D eigenvalue weighted by Gasteiger charge is 2.24. The molecule has 0 rings (SSSR count).